The lowest BCUT2D eigenvalue weighted by Crippen LogP contribution is -1.93. The fourth-order valence-corrected chi connectivity index (χ4v) is 3.88. The molecule has 0 saturated heterocycles. The summed E-state index contributed by atoms with van der Waals surface area (Å²) in [6.07, 6.45) is 0. The molecule has 0 N–H and O–H groups in total. The maximum Gasteiger partial charge on any atom is 0.126 e. The van der Waals surface area contributed by atoms with Crippen LogP contribution in [0.25, 0.3) is 10.8 Å². The molecule has 0 aliphatic carbocycles. The van der Waals surface area contributed by atoms with Crippen LogP contribution >= 0.6 is 27.3 Å². The number of fused-ring (bicyclic) bond motifs is 1. The van der Waals surface area contributed by atoms with Gasteiger partial charge in [0, 0.05) is 10.3 Å². The molecule has 0 bridgehead atoms. The first-order chi connectivity index (χ1) is 9.31. The minimum atomic E-state index is 0.225. The number of ether oxygens (including phenoxy) is 1. The van der Waals surface area contributed by atoms with Gasteiger partial charge in [-0.05, 0) is 28.5 Å². The molecule has 0 saturated carbocycles. The maximum absolute atomic E-state index is 5.44. The highest BCUT2D eigenvalue weighted by atomic mass is 79.9. The van der Waals surface area contributed by atoms with Crippen LogP contribution in [0, 0.1) is 0 Å². The van der Waals surface area contributed by atoms with E-state index in [-0.39, 0.29) is 4.83 Å². The maximum atomic E-state index is 5.44. The lowest BCUT2D eigenvalue weighted by atomic mass is 10.0. The first kappa shape index (κ1) is 12.7. The minimum Gasteiger partial charge on any atom is -0.496 e. The molecule has 3 rings (SSSR count). The third-order valence-electron chi connectivity index (χ3n) is 3.20. The van der Waals surface area contributed by atoms with E-state index >= 15 is 0 Å². The zero-order chi connectivity index (χ0) is 13.2. The number of hydrogen-bond donors (Lipinski definition) is 0. The molecule has 0 aliphatic heterocycles. The molecule has 96 valence electrons. The smallest absolute Gasteiger partial charge is 0.126 e. The SMILES string of the molecule is COc1ccc(C(Br)c2cccs2)c2ccccc12. The quantitative estimate of drug-likeness (QED) is 0.584. The average molecular weight is 333 g/mol. The van der Waals surface area contributed by atoms with Gasteiger partial charge >= 0.3 is 0 Å². The molecule has 1 aromatic heterocycles. The van der Waals surface area contributed by atoms with Gasteiger partial charge in [0.25, 0.3) is 0 Å². The van der Waals surface area contributed by atoms with Crippen molar-refractivity contribution in [3.05, 3.63) is 64.4 Å². The first-order valence-electron chi connectivity index (χ1n) is 6.04. The van der Waals surface area contributed by atoms with Crippen molar-refractivity contribution in [2.75, 3.05) is 7.11 Å². The second kappa shape index (κ2) is 5.35. The highest BCUT2D eigenvalue weighted by Gasteiger charge is 2.15. The van der Waals surface area contributed by atoms with Crippen LogP contribution in [0.2, 0.25) is 0 Å². The third-order valence-corrected chi connectivity index (χ3v) is 5.43. The van der Waals surface area contributed by atoms with Gasteiger partial charge < -0.3 is 4.74 Å². The Morgan fingerprint density at radius 1 is 1.00 bits per heavy atom. The van der Waals surface area contributed by atoms with Crippen molar-refractivity contribution in [1.82, 2.24) is 0 Å². The molecule has 1 unspecified atom stereocenters. The van der Waals surface area contributed by atoms with Crippen LogP contribution in [0.15, 0.2) is 53.9 Å². The number of halogens is 1. The number of benzene rings is 2. The van der Waals surface area contributed by atoms with Crippen molar-refractivity contribution in [2.45, 2.75) is 4.83 Å². The fourth-order valence-electron chi connectivity index (χ4n) is 2.28. The van der Waals surface area contributed by atoms with Crippen LogP contribution in [0.4, 0.5) is 0 Å². The Balaban J connectivity index is 2.20. The van der Waals surface area contributed by atoms with Gasteiger partial charge in [-0.1, -0.05) is 52.3 Å². The highest BCUT2D eigenvalue weighted by Crippen LogP contribution is 2.39. The second-order valence-electron chi connectivity index (χ2n) is 4.28. The van der Waals surface area contributed by atoms with E-state index in [0.29, 0.717) is 0 Å². The lowest BCUT2D eigenvalue weighted by Gasteiger charge is -2.14. The van der Waals surface area contributed by atoms with Crippen LogP contribution < -0.4 is 4.74 Å². The summed E-state index contributed by atoms with van der Waals surface area (Å²) in [6, 6.07) is 16.8. The van der Waals surface area contributed by atoms with Crippen molar-refractivity contribution in [2.24, 2.45) is 0 Å². The van der Waals surface area contributed by atoms with Crippen LogP contribution in [0.3, 0.4) is 0 Å². The van der Waals surface area contributed by atoms with Crippen LogP contribution in [0.5, 0.6) is 5.75 Å². The standard InChI is InChI=1S/C16H13BrOS/c1-18-14-9-8-13(11-5-2-3-6-12(11)14)16(17)15-7-4-10-19-15/h2-10,16H,1H3. The second-order valence-corrected chi connectivity index (χ2v) is 6.18. The van der Waals surface area contributed by atoms with E-state index in [2.05, 4.69) is 57.7 Å². The summed E-state index contributed by atoms with van der Waals surface area (Å²) >= 11 is 5.58. The van der Waals surface area contributed by atoms with Gasteiger partial charge in [-0.25, -0.2) is 0 Å². The molecule has 19 heavy (non-hydrogen) atoms. The van der Waals surface area contributed by atoms with E-state index in [1.165, 1.54) is 15.8 Å². The molecular weight excluding hydrogens is 320 g/mol. The predicted octanol–water partition coefficient (Wildman–Crippen LogP) is 5.39. The van der Waals surface area contributed by atoms with Crippen LogP contribution in [-0.4, -0.2) is 7.11 Å². The molecule has 0 aliphatic rings. The fraction of sp³-hybridized carbons (Fsp3) is 0.125. The summed E-state index contributed by atoms with van der Waals surface area (Å²) in [4.78, 5) is 1.54. The molecule has 3 aromatic rings. The minimum absolute atomic E-state index is 0.225. The summed E-state index contributed by atoms with van der Waals surface area (Å²) in [5.74, 6) is 0.922. The molecule has 0 radical (unpaired) electrons. The largest absolute Gasteiger partial charge is 0.496 e. The Morgan fingerprint density at radius 3 is 2.47 bits per heavy atom. The van der Waals surface area contributed by atoms with Crippen molar-refractivity contribution < 1.29 is 4.74 Å². The highest BCUT2D eigenvalue weighted by molar-refractivity contribution is 9.09. The Morgan fingerprint density at radius 2 is 1.79 bits per heavy atom. The van der Waals surface area contributed by atoms with E-state index in [4.69, 9.17) is 4.74 Å². The summed E-state index contributed by atoms with van der Waals surface area (Å²) in [5.41, 5.74) is 1.28. The number of thiophene rings is 1. The zero-order valence-electron chi connectivity index (χ0n) is 10.5. The van der Waals surface area contributed by atoms with Crippen LogP contribution in [0.1, 0.15) is 15.3 Å². The van der Waals surface area contributed by atoms with Gasteiger partial charge in [-0.15, -0.1) is 11.3 Å². The van der Waals surface area contributed by atoms with Gasteiger partial charge in [0.05, 0.1) is 11.9 Å². The van der Waals surface area contributed by atoms with Gasteiger partial charge in [0.15, 0.2) is 0 Å². The van der Waals surface area contributed by atoms with Crippen molar-refractivity contribution in [1.29, 1.82) is 0 Å². The molecule has 1 nitrogen and oxygen atoms in total. The summed E-state index contributed by atoms with van der Waals surface area (Å²) < 4.78 is 5.44. The van der Waals surface area contributed by atoms with Gasteiger partial charge in [-0.3, -0.25) is 0 Å². The summed E-state index contributed by atoms with van der Waals surface area (Å²) in [7, 11) is 1.71. The van der Waals surface area contributed by atoms with Crippen LogP contribution in [-0.2, 0) is 0 Å². The normalized spacial score (nSPS) is 12.5. The number of hydrogen-bond acceptors (Lipinski definition) is 2. The van der Waals surface area contributed by atoms with E-state index in [9.17, 15) is 0 Å². The van der Waals surface area contributed by atoms with E-state index in [1.54, 1.807) is 18.4 Å². The Kier molecular flexibility index (Phi) is 3.58. The van der Waals surface area contributed by atoms with E-state index < -0.39 is 0 Å². The molecule has 1 heterocycles. The third kappa shape index (κ3) is 2.28. The van der Waals surface area contributed by atoms with Crippen molar-refractivity contribution in [3.8, 4) is 5.75 Å². The van der Waals surface area contributed by atoms with Crippen molar-refractivity contribution >= 4 is 38.0 Å². The van der Waals surface area contributed by atoms with Gasteiger partial charge in [0.1, 0.15) is 5.75 Å². The predicted molar refractivity (Wildman–Crippen MR) is 85.6 cm³/mol. The topological polar surface area (TPSA) is 9.23 Å². The molecule has 2 aromatic carbocycles. The Hall–Kier alpha value is -1.32. The van der Waals surface area contributed by atoms with Gasteiger partial charge in [0.2, 0.25) is 0 Å². The van der Waals surface area contributed by atoms with Gasteiger partial charge in [-0.2, -0.15) is 0 Å². The molecule has 0 spiro atoms. The monoisotopic (exact) mass is 332 g/mol. The zero-order valence-corrected chi connectivity index (χ0v) is 12.9. The molecular formula is C16H13BrOS. The Labute approximate surface area is 125 Å². The van der Waals surface area contributed by atoms with E-state index in [0.717, 1.165) is 11.1 Å². The lowest BCUT2D eigenvalue weighted by molar-refractivity contribution is 0.419. The molecule has 1 atom stereocenters. The molecule has 0 amide bonds. The van der Waals surface area contributed by atoms with Crippen molar-refractivity contribution in [3.63, 3.8) is 0 Å². The average Bonchev–Trinajstić information content (AvgIpc) is 2.99. The summed E-state index contributed by atoms with van der Waals surface area (Å²) in [6.45, 7) is 0. The Bertz CT molecular complexity index is 691. The number of methoxy groups -OCH3 is 1. The number of rotatable bonds is 3. The molecule has 3 heteroatoms. The number of alkyl halides is 1. The molecule has 0 fully saturated rings. The van der Waals surface area contributed by atoms with E-state index in [1.807, 2.05) is 12.1 Å². The summed E-state index contributed by atoms with van der Waals surface area (Å²) in [5, 5.41) is 4.50. The first-order valence-corrected chi connectivity index (χ1v) is 7.84.